The van der Waals surface area contributed by atoms with E-state index < -0.39 is 0 Å². The lowest BCUT2D eigenvalue weighted by atomic mass is 10.2. The second-order valence-electron chi connectivity index (χ2n) is 5.35. The van der Waals surface area contributed by atoms with Gasteiger partial charge in [-0.3, -0.25) is 4.79 Å². The summed E-state index contributed by atoms with van der Waals surface area (Å²) in [6.07, 6.45) is 0. The molecule has 1 aliphatic heterocycles. The zero-order valence-electron chi connectivity index (χ0n) is 12.4. The Bertz CT molecular complexity index is 629. The van der Waals surface area contributed by atoms with Crippen LogP contribution in [0.2, 0.25) is 0 Å². The van der Waals surface area contributed by atoms with Crippen molar-refractivity contribution in [3.63, 3.8) is 0 Å². The fraction of sp³-hybridized carbons (Fsp3) is 0.400. The second kappa shape index (κ2) is 5.65. The summed E-state index contributed by atoms with van der Waals surface area (Å²) in [5, 5.41) is 8.73. The van der Waals surface area contributed by atoms with E-state index in [-0.39, 0.29) is 5.91 Å². The Morgan fingerprint density at radius 1 is 1.05 bits per heavy atom. The molecule has 6 nitrogen and oxygen atoms in total. The van der Waals surface area contributed by atoms with Gasteiger partial charge in [-0.1, -0.05) is 18.2 Å². The van der Waals surface area contributed by atoms with Crippen LogP contribution in [0.3, 0.4) is 0 Å². The highest BCUT2D eigenvalue weighted by atomic mass is 16.2. The van der Waals surface area contributed by atoms with Crippen LogP contribution in [-0.4, -0.2) is 63.9 Å². The number of piperazine rings is 1. The van der Waals surface area contributed by atoms with Gasteiger partial charge in [-0.05, 0) is 26.1 Å². The van der Waals surface area contributed by atoms with Crippen LogP contribution in [0.4, 0.5) is 0 Å². The lowest BCUT2D eigenvalue weighted by molar-refractivity contribution is 0.0657. The van der Waals surface area contributed by atoms with E-state index in [2.05, 4.69) is 22.1 Å². The van der Waals surface area contributed by atoms with E-state index in [0.29, 0.717) is 11.4 Å². The lowest BCUT2D eigenvalue weighted by Gasteiger charge is -2.31. The first kappa shape index (κ1) is 13.8. The second-order valence-corrected chi connectivity index (χ2v) is 5.35. The Labute approximate surface area is 124 Å². The summed E-state index contributed by atoms with van der Waals surface area (Å²) in [5.41, 5.74) is 1.98. The molecule has 6 heteroatoms. The number of nitrogens with zero attached hydrogens (tertiary/aromatic N) is 5. The van der Waals surface area contributed by atoms with Crippen molar-refractivity contribution >= 4 is 5.91 Å². The Morgan fingerprint density at radius 3 is 2.38 bits per heavy atom. The molecule has 0 radical (unpaired) electrons. The summed E-state index contributed by atoms with van der Waals surface area (Å²) in [5.74, 6) is -0.0252. The number of amides is 1. The zero-order valence-corrected chi connectivity index (χ0v) is 12.4. The number of hydrogen-bond donors (Lipinski definition) is 0. The Morgan fingerprint density at radius 2 is 1.71 bits per heavy atom. The molecule has 0 saturated carbocycles. The quantitative estimate of drug-likeness (QED) is 0.825. The molecule has 1 aromatic heterocycles. The minimum atomic E-state index is -0.0252. The van der Waals surface area contributed by atoms with Crippen molar-refractivity contribution in [3.05, 3.63) is 41.7 Å². The molecule has 0 unspecified atom stereocenters. The minimum Gasteiger partial charge on any atom is -0.335 e. The van der Waals surface area contributed by atoms with E-state index in [1.807, 2.05) is 42.2 Å². The fourth-order valence-corrected chi connectivity index (χ4v) is 2.41. The third kappa shape index (κ3) is 2.80. The zero-order chi connectivity index (χ0) is 14.8. The normalized spacial score (nSPS) is 16.2. The number of carbonyl (C=O) groups excluding carboxylic acids is 1. The average Bonchev–Trinajstić information content (AvgIpc) is 2.90. The third-order valence-corrected chi connectivity index (χ3v) is 3.76. The number of para-hydroxylation sites is 1. The van der Waals surface area contributed by atoms with Crippen molar-refractivity contribution in [1.82, 2.24) is 24.8 Å². The summed E-state index contributed by atoms with van der Waals surface area (Å²) in [7, 11) is 2.07. The van der Waals surface area contributed by atoms with Gasteiger partial charge in [-0.15, -0.1) is 5.10 Å². The van der Waals surface area contributed by atoms with Crippen molar-refractivity contribution in [2.45, 2.75) is 6.92 Å². The van der Waals surface area contributed by atoms with Crippen LogP contribution < -0.4 is 0 Å². The predicted octanol–water partition coefficient (Wildman–Crippen LogP) is 0.963. The molecule has 1 amide bonds. The number of aryl methyl sites for hydroxylation is 1. The van der Waals surface area contributed by atoms with Crippen molar-refractivity contribution in [2.75, 3.05) is 33.2 Å². The standard InChI is InChI=1S/C15H19N5O/c1-12-14(15(21)19-10-8-18(2)9-11-19)17-20(16-12)13-6-4-3-5-7-13/h3-7H,8-11H2,1-2H3. The van der Waals surface area contributed by atoms with Crippen molar-refractivity contribution < 1.29 is 4.79 Å². The summed E-state index contributed by atoms with van der Waals surface area (Å²) in [6.45, 7) is 5.12. The van der Waals surface area contributed by atoms with Gasteiger partial charge in [0.1, 0.15) is 0 Å². The number of benzene rings is 1. The molecular formula is C15H19N5O. The van der Waals surface area contributed by atoms with E-state index in [0.717, 1.165) is 31.9 Å². The molecule has 2 aromatic rings. The molecule has 2 heterocycles. The molecule has 1 fully saturated rings. The molecule has 21 heavy (non-hydrogen) atoms. The third-order valence-electron chi connectivity index (χ3n) is 3.76. The SMILES string of the molecule is Cc1nn(-c2ccccc2)nc1C(=O)N1CCN(C)CC1. The van der Waals surface area contributed by atoms with Gasteiger partial charge >= 0.3 is 0 Å². The molecular weight excluding hydrogens is 266 g/mol. The maximum atomic E-state index is 12.6. The molecule has 3 rings (SSSR count). The molecule has 110 valence electrons. The van der Waals surface area contributed by atoms with Crippen LogP contribution in [0.5, 0.6) is 0 Å². The predicted molar refractivity (Wildman–Crippen MR) is 79.5 cm³/mol. The van der Waals surface area contributed by atoms with Crippen LogP contribution in [0.1, 0.15) is 16.2 Å². The first-order chi connectivity index (χ1) is 10.1. The smallest absolute Gasteiger partial charge is 0.276 e. The number of likely N-dealkylation sites (N-methyl/N-ethyl adjacent to an activating group) is 1. The monoisotopic (exact) mass is 285 g/mol. The van der Waals surface area contributed by atoms with Crippen molar-refractivity contribution in [1.29, 1.82) is 0 Å². The van der Waals surface area contributed by atoms with E-state index in [4.69, 9.17) is 0 Å². The van der Waals surface area contributed by atoms with Gasteiger partial charge in [0.2, 0.25) is 0 Å². The van der Waals surface area contributed by atoms with Crippen LogP contribution in [-0.2, 0) is 0 Å². The van der Waals surface area contributed by atoms with Crippen LogP contribution in [0.15, 0.2) is 30.3 Å². The molecule has 0 N–H and O–H groups in total. The highest BCUT2D eigenvalue weighted by molar-refractivity contribution is 5.93. The Kier molecular flexibility index (Phi) is 3.70. The number of hydrogen-bond acceptors (Lipinski definition) is 4. The van der Waals surface area contributed by atoms with Crippen LogP contribution in [0, 0.1) is 6.92 Å². The minimum absolute atomic E-state index is 0.0252. The molecule has 0 bridgehead atoms. The summed E-state index contributed by atoms with van der Waals surface area (Å²) >= 11 is 0. The lowest BCUT2D eigenvalue weighted by Crippen LogP contribution is -2.47. The van der Waals surface area contributed by atoms with E-state index in [9.17, 15) is 4.79 Å². The first-order valence-corrected chi connectivity index (χ1v) is 7.12. The maximum Gasteiger partial charge on any atom is 0.276 e. The van der Waals surface area contributed by atoms with Crippen molar-refractivity contribution in [2.24, 2.45) is 0 Å². The van der Waals surface area contributed by atoms with E-state index >= 15 is 0 Å². The van der Waals surface area contributed by atoms with Gasteiger partial charge in [0.05, 0.1) is 11.4 Å². The molecule has 1 aliphatic rings. The largest absolute Gasteiger partial charge is 0.335 e. The van der Waals surface area contributed by atoms with Crippen LogP contribution >= 0.6 is 0 Å². The van der Waals surface area contributed by atoms with Crippen molar-refractivity contribution in [3.8, 4) is 5.69 Å². The Balaban J connectivity index is 1.83. The topological polar surface area (TPSA) is 54.3 Å². The van der Waals surface area contributed by atoms with Gasteiger partial charge < -0.3 is 9.80 Å². The molecule has 0 atom stereocenters. The van der Waals surface area contributed by atoms with Gasteiger partial charge in [0.15, 0.2) is 5.69 Å². The van der Waals surface area contributed by atoms with Gasteiger partial charge in [-0.2, -0.15) is 9.90 Å². The Hall–Kier alpha value is -2.21. The highest BCUT2D eigenvalue weighted by Crippen LogP contribution is 2.11. The summed E-state index contributed by atoms with van der Waals surface area (Å²) < 4.78 is 0. The van der Waals surface area contributed by atoms with Crippen LogP contribution in [0.25, 0.3) is 5.69 Å². The molecule has 0 spiro atoms. The van der Waals surface area contributed by atoms with Gasteiger partial charge in [0.25, 0.3) is 5.91 Å². The molecule has 1 saturated heterocycles. The van der Waals surface area contributed by atoms with E-state index in [1.54, 1.807) is 0 Å². The molecule has 1 aromatic carbocycles. The number of aromatic nitrogens is 3. The average molecular weight is 285 g/mol. The highest BCUT2D eigenvalue weighted by Gasteiger charge is 2.24. The first-order valence-electron chi connectivity index (χ1n) is 7.12. The summed E-state index contributed by atoms with van der Waals surface area (Å²) in [6, 6.07) is 9.63. The summed E-state index contributed by atoms with van der Waals surface area (Å²) in [4.78, 5) is 18.2. The van der Waals surface area contributed by atoms with E-state index in [1.165, 1.54) is 4.80 Å². The number of rotatable bonds is 2. The van der Waals surface area contributed by atoms with Gasteiger partial charge in [0, 0.05) is 26.2 Å². The number of carbonyl (C=O) groups is 1. The molecule has 0 aliphatic carbocycles. The maximum absolute atomic E-state index is 12.6. The van der Waals surface area contributed by atoms with Gasteiger partial charge in [-0.25, -0.2) is 0 Å². The fourth-order valence-electron chi connectivity index (χ4n) is 2.41.